The number of thioether (sulfide) groups is 1. The molecule has 0 amide bonds. The van der Waals surface area contributed by atoms with Crippen molar-refractivity contribution < 1.29 is 8.78 Å². The Hall–Kier alpha value is -2.44. The van der Waals surface area contributed by atoms with Crippen molar-refractivity contribution in [3.05, 3.63) is 88.7 Å². The SMILES string of the molecule is Fc1ccc(CSc2nc3ccncc3n2Cc2c(F)cccc2Cl)cc1. The average Bonchev–Trinajstić information content (AvgIpc) is 3.02. The van der Waals surface area contributed by atoms with Gasteiger partial charge in [0.2, 0.25) is 0 Å². The summed E-state index contributed by atoms with van der Waals surface area (Å²) >= 11 is 7.70. The molecule has 136 valence electrons. The third-order valence-electron chi connectivity index (χ3n) is 4.17. The molecule has 0 bridgehead atoms. The lowest BCUT2D eigenvalue weighted by atomic mass is 10.2. The van der Waals surface area contributed by atoms with Crippen molar-refractivity contribution in [2.75, 3.05) is 0 Å². The van der Waals surface area contributed by atoms with Crippen molar-refractivity contribution >= 4 is 34.4 Å². The highest BCUT2D eigenvalue weighted by Gasteiger charge is 2.15. The van der Waals surface area contributed by atoms with Crippen molar-refractivity contribution in [1.82, 2.24) is 14.5 Å². The van der Waals surface area contributed by atoms with Gasteiger partial charge in [0.25, 0.3) is 0 Å². The molecule has 0 fully saturated rings. The normalized spacial score (nSPS) is 11.2. The maximum Gasteiger partial charge on any atom is 0.169 e. The Morgan fingerprint density at radius 3 is 2.63 bits per heavy atom. The van der Waals surface area contributed by atoms with Gasteiger partial charge in [0.05, 0.1) is 23.8 Å². The highest BCUT2D eigenvalue weighted by Crippen LogP contribution is 2.29. The van der Waals surface area contributed by atoms with Gasteiger partial charge in [-0.15, -0.1) is 0 Å². The summed E-state index contributed by atoms with van der Waals surface area (Å²) < 4.78 is 29.3. The molecule has 0 saturated carbocycles. The minimum absolute atomic E-state index is 0.249. The largest absolute Gasteiger partial charge is 0.313 e. The van der Waals surface area contributed by atoms with E-state index in [2.05, 4.69) is 9.97 Å². The van der Waals surface area contributed by atoms with E-state index in [9.17, 15) is 8.78 Å². The van der Waals surface area contributed by atoms with Crippen LogP contribution < -0.4 is 0 Å². The average molecular weight is 402 g/mol. The minimum Gasteiger partial charge on any atom is -0.313 e. The molecule has 0 aliphatic heterocycles. The first-order valence-electron chi connectivity index (χ1n) is 8.22. The summed E-state index contributed by atoms with van der Waals surface area (Å²) in [4.78, 5) is 8.81. The number of halogens is 3. The molecule has 2 heterocycles. The van der Waals surface area contributed by atoms with Crippen molar-refractivity contribution in [3.63, 3.8) is 0 Å². The van der Waals surface area contributed by atoms with Gasteiger partial charge < -0.3 is 4.57 Å². The maximum absolute atomic E-state index is 14.3. The predicted octanol–water partition coefficient (Wildman–Crippen LogP) is 5.70. The number of nitrogens with zero attached hydrogens (tertiary/aromatic N) is 3. The van der Waals surface area contributed by atoms with E-state index in [4.69, 9.17) is 11.6 Å². The first-order chi connectivity index (χ1) is 13.1. The summed E-state index contributed by atoms with van der Waals surface area (Å²) in [6, 6.07) is 12.8. The molecule has 3 nitrogen and oxygen atoms in total. The smallest absolute Gasteiger partial charge is 0.169 e. The fourth-order valence-corrected chi connectivity index (χ4v) is 3.97. The fourth-order valence-electron chi connectivity index (χ4n) is 2.78. The second kappa shape index (κ2) is 7.66. The summed E-state index contributed by atoms with van der Waals surface area (Å²) in [5.41, 5.74) is 2.96. The van der Waals surface area contributed by atoms with Crippen LogP contribution in [0.3, 0.4) is 0 Å². The van der Waals surface area contributed by atoms with Crippen molar-refractivity contribution in [1.29, 1.82) is 0 Å². The van der Waals surface area contributed by atoms with Crippen LogP contribution in [0.1, 0.15) is 11.1 Å². The molecule has 0 N–H and O–H groups in total. The summed E-state index contributed by atoms with van der Waals surface area (Å²) in [5, 5.41) is 1.09. The monoisotopic (exact) mass is 401 g/mol. The van der Waals surface area contributed by atoms with Gasteiger partial charge in [0, 0.05) is 22.5 Å². The highest BCUT2D eigenvalue weighted by atomic mass is 35.5. The summed E-state index contributed by atoms with van der Waals surface area (Å²) in [5.74, 6) is -0.0128. The highest BCUT2D eigenvalue weighted by molar-refractivity contribution is 7.98. The number of rotatable bonds is 5. The Morgan fingerprint density at radius 2 is 1.85 bits per heavy atom. The molecular formula is C20H14ClF2N3S. The summed E-state index contributed by atoms with van der Waals surface area (Å²) in [7, 11) is 0. The van der Waals surface area contributed by atoms with E-state index in [1.165, 1.54) is 30.0 Å². The van der Waals surface area contributed by atoms with E-state index in [0.717, 1.165) is 21.8 Å². The van der Waals surface area contributed by atoms with Gasteiger partial charge in [-0.05, 0) is 35.9 Å². The van der Waals surface area contributed by atoms with Crippen LogP contribution >= 0.6 is 23.4 Å². The lowest BCUT2D eigenvalue weighted by molar-refractivity contribution is 0.594. The molecule has 0 atom stereocenters. The topological polar surface area (TPSA) is 30.7 Å². The van der Waals surface area contributed by atoms with Gasteiger partial charge in [-0.3, -0.25) is 4.98 Å². The van der Waals surface area contributed by atoms with Crippen LogP contribution in [0.15, 0.2) is 66.1 Å². The number of imidazole rings is 1. The third-order valence-corrected chi connectivity index (χ3v) is 5.58. The van der Waals surface area contributed by atoms with Gasteiger partial charge in [0.1, 0.15) is 11.6 Å². The quantitative estimate of drug-likeness (QED) is 0.402. The van der Waals surface area contributed by atoms with Crippen LogP contribution in [0.25, 0.3) is 11.0 Å². The van der Waals surface area contributed by atoms with Crippen LogP contribution in [0.4, 0.5) is 8.78 Å². The first kappa shape index (κ1) is 17.9. The number of pyridine rings is 1. The van der Waals surface area contributed by atoms with Crippen LogP contribution in [0.5, 0.6) is 0 Å². The summed E-state index contributed by atoms with van der Waals surface area (Å²) in [6.45, 7) is 0.249. The van der Waals surface area contributed by atoms with Crippen LogP contribution in [-0.4, -0.2) is 14.5 Å². The van der Waals surface area contributed by atoms with E-state index in [0.29, 0.717) is 16.3 Å². The van der Waals surface area contributed by atoms with E-state index in [1.54, 1.807) is 36.7 Å². The van der Waals surface area contributed by atoms with Gasteiger partial charge in [-0.2, -0.15) is 0 Å². The van der Waals surface area contributed by atoms with E-state index >= 15 is 0 Å². The Bertz CT molecular complexity index is 1080. The lowest BCUT2D eigenvalue weighted by Gasteiger charge is -2.11. The molecule has 7 heteroatoms. The van der Waals surface area contributed by atoms with E-state index in [-0.39, 0.29) is 18.2 Å². The molecule has 0 radical (unpaired) electrons. The number of hydrogen-bond acceptors (Lipinski definition) is 3. The van der Waals surface area contributed by atoms with Gasteiger partial charge >= 0.3 is 0 Å². The van der Waals surface area contributed by atoms with Crippen LogP contribution in [0, 0.1) is 11.6 Å². The first-order valence-corrected chi connectivity index (χ1v) is 9.58. The second-order valence-electron chi connectivity index (χ2n) is 5.96. The number of fused-ring (bicyclic) bond motifs is 1. The van der Waals surface area contributed by atoms with Crippen molar-refractivity contribution in [2.45, 2.75) is 17.5 Å². The molecule has 0 unspecified atom stereocenters. The molecule has 4 rings (SSSR count). The third kappa shape index (κ3) is 3.82. The molecule has 2 aromatic carbocycles. The van der Waals surface area contributed by atoms with Gasteiger partial charge in [-0.1, -0.05) is 41.6 Å². The zero-order valence-electron chi connectivity index (χ0n) is 14.1. The van der Waals surface area contributed by atoms with Gasteiger partial charge in [-0.25, -0.2) is 13.8 Å². The van der Waals surface area contributed by atoms with Gasteiger partial charge in [0.15, 0.2) is 5.16 Å². The molecule has 27 heavy (non-hydrogen) atoms. The molecule has 0 saturated heterocycles. The predicted molar refractivity (Wildman–Crippen MR) is 104 cm³/mol. The van der Waals surface area contributed by atoms with E-state index < -0.39 is 0 Å². The molecule has 0 aliphatic rings. The summed E-state index contributed by atoms with van der Waals surface area (Å²) in [6.07, 6.45) is 3.38. The maximum atomic E-state index is 14.3. The Kier molecular flexibility index (Phi) is 5.09. The number of benzene rings is 2. The molecule has 2 aromatic heterocycles. The van der Waals surface area contributed by atoms with E-state index in [1.807, 2.05) is 10.6 Å². The Labute approximate surface area is 164 Å². The standard InChI is InChI=1S/C20H14ClF2N3S/c21-16-2-1-3-17(23)15(16)11-26-19-10-24-9-8-18(19)25-20(26)27-12-13-4-6-14(22)7-5-13/h1-10H,11-12H2. The lowest BCUT2D eigenvalue weighted by Crippen LogP contribution is -2.04. The van der Waals surface area contributed by atoms with Crippen LogP contribution in [-0.2, 0) is 12.3 Å². The Morgan fingerprint density at radius 1 is 1.04 bits per heavy atom. The van der Waals surface area contributed by atoms with Crippen molar-refractivity contribution in [2.24, 2.45) is 0 Å². The number of hydrogen-bond donors (Lipinski definition) is 0. The zero-order valence-corrected chi connectivity index (χ0v) is 15.6. The molecule has 4 aromatic rings. The van der Waals surface area contributed by atoms with Crippen molar-refractivity contribution in [3.8, 4) is 0 Å². The molecule has 0 aliphatic carbocycles. The minimum atomic E-state index is -0.359. The molecule has 0 spiro atoms. The zero-order chi connectivity index (χ0) is 18.8. The molecular weight excluding hydrogens is 388 g/mol. The number of aromatic nitrogens is 3. The van der Waals surface area contributed by atoms with Crippen LogP contribution in [0.2, 0.25) is 5.02 Å². The fraction of sp³-hybridized carbons (Fsp3) is 0.100. The second-order valence-corrected chi connectivity index (χ2v) is 7.31. The Balaban J connectivity index is 1.70.